The fourth-order valence-corrected chi connectivity index (χ4v) is 2.60. The summed E-state index contributed by atoms with van der Waals surface area (Å²) in [4.78, 5) is 14.4. The van der Waals surface area contributed by atoms with Gasteiger partial charge in [-0.25, -0.2) is 0 Å². The Balaban J connectivity index is 2.22. The topological polar surface area (TPSA) is 29.5 Å². The maximum absolute atomic E-state index is 12.5. The number of halogens is 1. The number of nitrogens with zero attached hydrogens (tertiary/aromatic N) is 1. The van der Waals surface area contributed by atoms with E-state index in [4.69, 9.17) is 4.74 Å². The molecule has 0 bridgehead atoms. The average Bonchev–Trinajstić information content (AvgIpc) is 2.56. The van der Waals surface area contributed by atoms with Crippen molar-refractivity contribution in [2.24, 2.45) is 0 Å². The molecule has 0 N–H and O–H groups in total. The second-order valence-electron chi connectivity index (χ2n) is 4.72. The molecule has 1 aromatic rings. The summed E-state index contributed by atoms with van der Waals surface area (Å²) >= 11 is 3.50. The van der Waals surface area contributed by atoms with Gasteiger partial charge in [-0.05, 0) is 47.8 Å². The molecule has 1 aromatic carbocycles. The predicted octanol–water partition coefficient (Wildman–Crippen LogP) is 3.01. The Labute approximate surface area is 116 Å². The number of aryl methyl sites for hydroxylation is 1. The molecule has 0 radical (unpaired) electrons. The van der Waals surface area contributed by atoms with Gasteiger partial charge < -0.3 is 9.64 Å². The zero-order valence-corrected chi connectivity index (χ0v) is 12.4. The number of ether oxygens (including phenoxy) is 1. The number of amides is 1. The van der Waals surface area contributed by atoms with E-state index in [2.05, 4.69) is 15.9 Å². The van der Waals surface area contributed by atoms with Gasteiger partial charge in [-0.15, -0.1) is 0 Å². The standard InChI is InChI=1S/C14H18BrNO2/c1-10-5-3-6-12(13(10)15)14(17)16-7-4-8-18-11(2)9-16/h3,5-6,11H,4,7-9H2,1-2H3. The van der Waals surface area contributed by atoms with Crippen LogP contribution in [0.15, 0.2) is 22.7 Å². The van der Waals surface area contributed by atoms with Crippen molar-refractivity contribution in [2.75, 3.05) is 19.7 Å². The first kappa shape index (κ1) is 13.6. The van der Waals surface area contributed by atoms with Crippen molar-refractivity contribution in [3.63, 3.8) is 0 Å². The molecule has 1 unspecified atom stereocenters. The van der Waals surface area contributed by atoms with Gasteiger partial charge in [-0.2, -0.15) is 0 Å². The Morgan fingerprint density at radius 3 is 3.06 bits per heavy atom. The summed E-state index contributed by atoms with van der Waals surface area (Å²) in [6.45, 7) is 6.18. The average molecular weight is 312 g/mol. The zero-order valence-electron chi connectivity index (χ0n) is 10.8. The maximum atomic E-state index is 12.5. The highest BCUT2D eigenvalue weighted by atomic mass is 79.9. The van der Waals surface area contributed by atoms with Gasteiger partial charge >= 0.3 is 0 Å². The van der Waals surface area contributed by atoms with Crippen molar-refractivity contribution >= 4 is 21.8 Å². The van der Waals surface area contributed by atoms with Crippen LogP contribution in [0.4, 0.5) is 0 Å². The summed E-state index contributed by atoms with van der Waals surface area (Å²) in [5.74, 6) is 0.0860. The minimum absolute atomic E-state index is 0.0860. The molecule has 0 spiro atoms. The van der Waals surface area contributed by atoms with Crippen LogP contribution in [-0.2, 0) is 4.74 Å². The van der Waals surface area contributed by atoms with E-state index >= 15 is 0 Å². The van der Waals surface area contributed by atoms with E-state index in [-0.39, 0.29) is 12.0 Å². The molecule has 1 heterocycles. The number of hydrogen-bond donors (Lipinski definition) is 0. The van der Waals surface area contributed by atoms with Crippen LogP contribution < -0.4 is 0 Å². The molecule has 4 heteroatoms. The molecule has 98 valence electrons. The molecule has 1 saturated heterocycles. The molecule has 1 fully saturated rings. The lowest BCUT2D eigenvalue weighted by atomic mass is 10.1. The Hall–Kier alpha value is -0.870. The first-order valence-electron chi connectivity index (χ1n) is 6.25. The van der Waals surface area contributed by atoms with Gasteiger partial charge in [0.2, 0.25) is 0 Å². The van der Waals surface area contributed by atoms with Gasteiger partial charge in [0.15, 0.2) is 0 Å². The molecular weight excluding hydrogens is 294 g/mol. The summed E-state index contributed by atoms with van der Waals surface area (Å²) in [5.41, 5.74) is 1.82. The van der Waals surface area contributed by atoms with Crippen LogP contribution in [0.5, 0.6) is 0 Å². The second kappa shape index (κ2) is 5.85. The molecule has 1 aliphatic heterocycles. The van der Waals surface area contributed by atoms with E-state index in [1.807, 2.05) is 36.9 Å². The van der Waals surface area contributed by atoms with E-state index < -0.39 is 0 Å². The lowest BCUT2D eigenvalue weighted by molar-refractivity contribution is 0.0562. The Morgan fingerprint density at radius 2 is 2.28 bits per heavy atom. The van der Waals surface area contributed by atoms with Crippen molar-refractivity contribution in [1.29, 1.82) is 0 Å². The number of benzene rings is 1. The van der Waals surface area contributed by atoms with E-state index in [1.165, 1.54) is 0 Å². The number of rotatable bonds is 1. The third-order valence-corrected chi connectivity index (χ3v) is 4.21. The Kier molecular flexibility index (Phi) is 4.40. The predicted molar refractivity (Wildman–Crippen MR) is 74.8 cm³/mol. The molecule has 0 aliphatic carbocycles. The van der Waals surface area contributed by atoms with Gasteiger partial charge in [0.25, 0.3) is 5.91 Å². The highest BCUT2D eigenvalue weighted by molar-refractivity contribution is 9.10. The number of carbonyl (C=O) groups excluding carboxylic acids is 1. The SMILES string of the molecule is Cc1cccc(C(=O)N2CCCOC(C)C2)c1Br. The third kappa shape index (κ3) is 2.93. The molecule has 0 saturated carbocycles. The Bertz CT molecular complexity index is 447. The number of carbonyl (C=O) groups is 1. The summed E-state index contributed by atoms with van der Waals surface area (Å²) in [7, 11) is 0. The van der Waals surface area contributed by atoms with Crippen molar-refractivity contribution in [1.82, 2.24) is 4.90 Å². The van der Waals surface area contributed by atoms with Crippen LogP contribution in [0, 0.1) is 6.92 Å². The molecule has 3 nitrogen and oxygen atoms in total. The van der Waals surface area contributed by atoms with Crippen molar-refractivity contribution < 1.29 is 9.53 Å². The fourth-order valence-electron chi connectivity index (χ4n) is 2.16. The smallest absolute Gasteiger partial charge is 0.255 e. The zero-order chi connectivity index (χ0) is 13.1. The highest BCUT2D eigenvalue weighted by Crippen LogP contribution is 2.23. The fraction of sp³-hybridized carbons (Fsp3) is 0.500. The molecule has 1 aliphatic rings. The summed E-state index contributed by atoms with van der Waals surface area (Å²) in [6, 6.07) is 5.79. The van der Waals surface area contributed by atoms with E-state index in [0.717, 1.165) is 35.2 Å². The molecule has 1 atom stereocenters. The van der Waals surface area contributed by atoms with Gasteiger partial charge in [-0.3, -0.25) is 4.79 Å². The van der Waals surface area contributed by atoms with E-state index in [9.17, 15) is 4.79 Å². The largest absolute Gasteiger partial charge is 0.377 e. The van der Waals surface area contributed by atoms with Gasteiger partial charge in [0.05, 0.1) is 11.7 Å². The number of hydrogen-bond acceptors (Lipinski definition) is 2. The minimum atomic E-state index is 0.0860. The van der Waals surface area contributed by atoms with Crippen molar-refractivity contribution in [3.05, 3.63) is 33.8 Å². The Morgan fingerprint density at radius 1 is 1.50 bits per heavy atom. The summed E-state index contributed by atoms with van der Waals surface area (Å²) in [6.07, 6.45) is 1.01. The summed E-state index contributed by atoms with van der Waals surface area (Å²) < 4.78 is 6.46. The van der Waals surface area contributed by atoms with Crippen LogP contribution in [0.1, 0.15) is 29.3 Å². The first-order chi connectivity index (χ1) is 8.59. The normalized spacial score (nSPS) is 20.6. The van der Waals surface area contributed by atoms with Crippen LogP contribution in [0.25, 0.3) is 0 Å². The summed E-state index contributed by atoms with van der Waals surface area (Å²) in [5, 5.41) is 0. The first-order valence-corrected chi connectivity index (χ1v) is 7.05. The van der Waals surface area contributed by atoms with Crippen molar-refractivity contribution in [2.45, 2.75) is 26.4 Å². The molecule has 2 rings (SSSR count). The molecule has 1 amide bonds. The highest BCUT2D eigenvalue weighted by Gasteiger charge is 2.22. The van der Waals surface area contributed by atoms with Crippen LogP contribution in [0.2, 0.25) is 0 Å². The van der Waals surface area contributed by atoms with Crippen LogP contribution in [0.3, 0.4) is 0 Å². The van der Waals surface area contributed by atoms with E-state index in [0.29, 0.717) is 6.54 Å². The van der Waals surface area contributed by atoms with Gasteiger partial charge in [0.1, 0.15) is 0 Å². The quantitative estimate of drug-likeness (QED) is 0.798. The van der Waals surface area contributed by atoms with Gasteiger partial charge in [-0.1, -0.05) is 12.1 Å². The second-order valence-corrected chi connectivity index (χ2v) is 5.52. The van der Waals surface area contributed by atoms with Crippen molar-refractivity contribution in [3.8, 4) is 0 Å². The van der Waals surface area contributed by atoms with Crippen LogP contribution >= 0.6 is 15.9 Å². The monoisotopic (exact) mass is 311 g/mol. The van der Waals surface area contributed by atoms with E-state index in [1.54, 1.807) is 0 Å². The third-order valence-electron chi connectivity index (χ3n) is 3.16. The maximum Gasteiger partial charge on any atom is 0.255 e. The lowest BCUT2D eigenvalue weighted by Crippen LogP contribution is -2.36. The molecule has 0 aromatic heterocycles. The lowest BCUT2D eigenvalue weighted by Gasteiger charge is -2.23. The minimum Gasteiger partial charge on any atom is -0.377 e. The molecular formula is C14H18BrNO2. The van der Waals surface area contributed by atoms with Gasteiger partial charge in [0, 0.05) is 24.2 Å². The van der Waals surface area contributed by atoms with Crippen LogP contribution in [-0.4, -0.2) is 36.6 Å². The molecule has 18 heavy (non-hydrogen) atoms.